The van der Waals surface area contributed by atoms with Gasteiger partial charge in [0.2, 0.25) is 0 Å². The summed E-state index contributed by atoms with van der Waals surface area (Å²) in [6.07, 6.45) is -2.80. The van der Waals surface area contributed by atoms with Gasteiger partial charge in [-0.2, -0.15) is 0 Å². The van der Waals surface area contributed by atoms with Gasteiger partial charge >= 0.3 is 205 Å². The van der Waals surface area contributed by atoms with Gasteiger partial charge in [0.25, 0.3) is 0 Å². The summed E-state index contributed by atoms with van der Waals surface area (Å²) in [5, 5.41) is 0. The zero-order valence-electron chi connectivity index (χ0n) is 20.0. The molecule has 0 N–H and O–H groups in total. The monoisotopic (exact) mass is 573 g/mol. The third-order valence-corrected chi connectivity index (χ3v) is 20.5. The Balaban J connectivity index is 2.27. The Hall–Kier alpha value is -2.37. The van der Waals surface area contributed by atoms with Crippen LogP contribution in [0.4, 0.5) is 13.2 Å². The molecule has 0 aliphatic rings. The summed E-state index contributed by atoms with van der Waals surface area (Å²) in [6.45, 7) is 8.11. The second-order valence-electron chi connectivity index (χ2n) is 10.1. The number of hydrogen-bond acceptors (Lipinski definition) is 2. The SMILES string of the molecule is CC(C)([CH2][Sn]([CH2]C(C)(C)c1ccccc1)([N]=C=O)[c]1ccccc1C(F)(F)F)c1ccccc1. The molecule has 3 aromatic rings. The van der Waals surface area contributed by atoms with Crippen LogP contribution < -0.4 is 3.58 Å². The molecule has 0 atom stereocenters. The minimum absolute atomic E-state index is 0.209. The van der Waals surface area contributed by atoms with Crippen molar-refractivity contribution >= 4 is 28.3 Å². The van der Waals surface area contributed by atoms with E-state index in [9.17, 15) is 18.0 Å². The van der Waals surface area contributed by atoms with E-state index in [0.29, 0.717) is 8.87 Å². The van der Waals surface area contributed by atoms with E-state index >= 15 is 0 Å². The zero-order valence-corrected chi connectivity index (χ0v) is 22.8. The Kier molecular flexibility index (Phi) is 7.78. The van der Waals surface area contributed by atoms with Crippen LogP contribution in [0.25, 0.3) is 0 Å². The predicted octanol–water partition coefficient (Wildman–Crippen LogP) is 7.15. The van der Waals surface area contributed by atoms with Crippen LogP contribution in [0.1, 0.15) is 44.4 Å². The van der Waals surface area contributed by atoms with Crippen LogP contribution in [0.2, 0.25) is 8.87 Å². The molecule has 0 saturated carbocycles. The first-order valence-electron chi connectivity index (χ1n) is 11.3. The fourth-order valence-electron chi connectivity index (χ4n) is 5.06. The summed E-state index contributed by atoms with van der Waals surface area (Å²) in [6, 6.07) is 25.2. The zero-order chi connectivity index (χ0) is 25.0. The maximum atomic E-state index is 14.2. The third-order valence-electron chi connectivity index (χ3n) is 6.57. The second kappa shape index (κ2) is 10.1. The van der Waals surface area contributed by atoms with Crippen molar-refractivity contribution < 1.29 is 18.0 Å². The topological polar surface area (TPSA) is 29.4 Å². The number of nitrogens with zero attached hydrogens (tertiary/aromatic N) is 1. The molecular weight excluding hydrogens is 542 g/mol. The van der Waals surface area contributed by atoms with E-state index in [1.54, 1.807) is 18.2 Å². The van der Waals surface area contributed by atoms with Gasteiger partial charge in [-0.05, 0) is 0 Å². The van der Waals surface area contributed by atoms with E-state index in [0.717, 1.165) is 17.2 Å². The molecule has 0 bridgehead atoms. The average molecular weight is 572 g/mol. The van der Waals surface area contributed by atoms with Crippen LogP contribution in [0.5, 0.6) is 0 Å². The van der Waals surface area contributed by atoms with Gasteiger partial charge in [-0.3, -0.25) is 0 Å². The first-order valence-corrected chi connectivity index (χ1v) is 18.0. The summed E-state index contributed by atoms with van der Waals surface area (Å²) in [5.74, 6) is 0. The number of halogens is 3. The van der Waals surface area contributed by atoms with E-state index in [1.165, 1.54) is 6.07 Å². The Morgan fingerprint density at radius 1 is 0.706 bits per heavy atom. The molecular formula is C28H30F3NOSn. The van der Waals surface area contributed by atoms with Gasteiger partial charge in [0.15, 0.2) is 0 Å². The molecule has 0 radical (unpaired) electrons. The second-order valence-corrected chi connectivity index (χ2v) is 20.2. The third kappa shape index (κ3) is 5.81. The summed E-state index contributed by atoms with van der Waals surface area (Å²) >= 11 is -4.52. The number of isocyanates is 1. The van der Waals surface area contributed by atoms with Gasteiger partial charge in [-0.15, -0.1) is 0 Å². The van der Waals surface area contributed by atoms with Crippen LogP contribution in [0, 0.1) is 0 Å². The first-order chi connectivity index (χ1) is 15.9. The number of hydrogen-bond donors (Lipinski definition) is 0. The summed E-state index contributed by atoms with van der Waals surface area (Å²) < 4.78 is 48.1. The van der Waals surface area contributed by atoms with Crippen molar-refractivity contribution in [2.24, 2.45) is 3.21 Å². The normalized spacial score (nSPS) is 12.8. The van der Waals surface area contributed by atoms with Crippen molar-refractivity contribution in [1.29, 1.82) is 0 Å². The van der Waals surface area contributed by atoms with Crippen LogP contribution in [0.3, 0.4) is 0 Å². The molecule has 0 fully saturated rings. The fourth-order valence-corrected chi connectivity index (χ4v) is 20.5. The predicted molar refractivity (Wildman–Crippen MR) is 134 cm³/mol. The van der Waals surface area contributed by atoms with Crippen molar-refractivity contribution in [2.45, 2.75) is 53.6 Å². The molecule has 0 aliphatic heterocycles. The van der Waals surface area contributed by atoms with Crippen molar-refractivity contribution in [3.05, 3.63) is 102 Å². The van der Waals surface area contributed by atoms with E-state index in [4.69, 9.17) is 0 Å². The van der Waals surface area contributed by atoms with Crippen molar-refractivity contribution in [1.82, 2.24) is 0 Å². The summed E-state index contributed by atoms with van der Waals surface area (Å²) in [4.78, 5) is 11.9. The Morgan fingerprint density at radius 2 is 1.12 bits per heavy atom. The number of benzene rings is 3. The molecule has 0 aliphatic carbocycles. The fraction of sp³-hybridized carbons (Fsp3) is 0.321. The molecule has 0 spiro atoms. The van der Waals surface area contributed by atoms with Gasteiger partial charge in [0.1, 0.15) is 0 Å². The van der Waals surface area contributed by atoms with Gasteiger partial charge in [-0.25, -0.2) is 0 Å². The van der Waals surface area contributed by atoms with Gasteiger partial charge < -0.3 is 0 Å². The maximum absolute atomic E-state index is 14.2. The molecule has 0 saturated heterocycles. The van der Waals surface area contributed by atoms with E-state index in [2.05, 4.69) is 3.21 Å². The van der Waals surface area contributed by atoms with Gasteiger partial charge in [-0.1, -0.05) is 0 Å². The molecule has 178 valence electrons. The molecule has 6 heteroatoms. The number of alkyl halides is 3. The molecule has 34 heavy (non-hydrogen) atoms. The molecule has 0 amide bonds. The summed E-state index contributed by atoms with van der Waals surface area (Å²) in [7, 11) is 0. The summed E-state index contributed by atoms with van der Waals surface area (Å²) in [5.41, 5.74) is 0.377. The van der Waals surface area contributed by atoms with Crippen molar-refractivity contribution in [2.75, 3.05) is 0 Å². The molecule has 0 heterocycles. The van der Waals surface area contributed by atoms with Gasteiger partial charge in [0.05, 0.1) is 0 Å². The average Bonchev–Trinajstić information content (AvgIpc) is 2.79. The van der Waals surface area contributed by atoms with Gasteiger partial charge in [0, 0.05) is 0 Å². The molecule has 0 aromatic heterocycles. The number of rotatable bonds is 8. The standard InChI is InChI=1S/2C10H13.C7H4F3.CNO.Sn/c2*1-10(2,3)9-7-5-4-6-8-9;8-7(9,10)6-4-2-1-3-5-6;2-1-3;/h2*4-8H,1H2,2-3H3;1-4H;;/q;;;-1;+1. The molecule has 2 nitrogen and oxygen atoms in total. The van der Waals surface area contributed by atoms with Crippen LogP contribution >= 0.6 is 0 Å². The van der Waals surface area contributed by atoms with E-state index < -0.39 is 41.2 Å². The van der Waals surface area contributed by atoms with Crippen LogP contribution in [-0.2, 0) is 21.8 Å². The quantitative estimate of drug-likeness (QED) is 0.160. The Labute approximate surface area is 204 Å². The Bertz CT molecular complexity index is 1100. The molecule has 3 rings (SSSR count). The van der Waals surface area contributed by atoms with E-state index in [-0.39, 0.29) is 3.58 Å². The molecule has 0 unspecified atom stereocenters. The van der Waals surface area contributed by atoms with Crippen LogP contribution in [0.15, 0.2) is 88.1 Å². The van der Waals surface area contributed by atoms with Crippen molar-refractivity contribution in [3.8, 4) is 0 Å². The number of carbonyl (C=O) groups excluding carboxylic acids is 1. The first kappa shape index (κ1) is 26.2. The van der Waals surface area contributed by atoms with Crippen LogP contribution in [-0.4, -0.2) is 24.7 Å². The molecule has 3 aromatic carbocycles. The minimum atomic E-state index is -4.54. The van der Waals surface area contributed by atoms with E-state index in [1.807, 2.05) is 88.4 Å². The van der Waals surface area contributed by atoms with Crippen molar-refractivity contribution in [3.63, 3.8) is 0 Å². The Morgan fingerprint density at radius 3 is 1.53 bits per heavy atom.